The molecule has 5 aliphatic rings. The Morgan fingerprint density at radius 2 is 2.00 bits per heavy atom. The summed E-state index contributed by atoms with van der Waals surface area (Å²) >= 11 is 0. The van der Waals surface area contributed by atoms with E-state index in [1.165, 1.54) is 6.07 Å². The number of pyridine rings is 2. The van der Waals surface area contributed by atoms with E-state index in [1.807, 2.05) is 18.2 Å². The summed E-state index contributed by atoms with van der Waals surface area (Å²) in [6.45, 7) is 3.48. The molecule has 2 N–H and O–H groups in total. The maximum absolute atomic E-state index is 17.0. The number of hydrogen-bond acceptors (Lipinski definition) is 10. The number of phenolic OH excluding ortho intramolecular Hbond substituents is 1. The van der Waals surface area contributed by atoms with E-state index < -0.39 is 5.82 Å². The number of nitrogens with one attached hydrogen (secondary N) is 1. The number of benzene rings is 2. The molecular weight excluding hydrogens is 633 g/mol. The largest absolute Gasteiger partial charge is 0.508 e. The number of hydrogen-bond donors (Lipinski definition) is 2. The summed E-state index contributed by atoms with van der Waals surface area (Å²) in [5, 5.41) is 16.2. The van der Waals surface area contributed by atoms with Crippen LogP contribution in [0.3, 0.4) is 0 Å². The van der Waals surface area contributed by atoms with E-state index in [1.54, 1.807) is 24.5 Å². The van der Waals surface area contributed by atoms with Gasteiger partial charge in [0.15, 0.2) is 5.82 Å². The standard InChI is InChI=1S/C39H36FN7O3/c1-2-22-6-3-7-23-14-27(48)15-29(31(22)23)33-32(40)34-30(17-42-33)36(46-18-25-9-10-26(19-46)43-25)45-38(44-34)50-21-39-11-5-13-47(39)35-24(16-39)20-49-37-28(35)8-4-12-41-37/h1,3-4,6-8,12,14-15,17,24-26,35,43,48H,5,9-11,13,16,18-21H2/t24-,25?,26?,35-,39?/m1/s1. The Kier molecular flexibility index (Phi) is 6.70. The maximum atomic E-state index is 17.0. The number of anilines is 1. The van der Waals surface area contributed by atoms with E-state index >= 15 is 4.39 Å². The summed E-state index contributed by atoms with van der Waals surface area (Å²) in [7, 11) is 0. The lowest BCUT2D eigenvalue weighted by molar-refractivity contribution is 0.0772. The molecule has 5 aromatic rings. The van der Waals surface area contributed by atoms with Gasteiger partial charge in [0.05, 0.1) is 17.5 Å². The summed E-state index contributed by atoms with van der Waals surface area (Å²) in [6, 6.07) is 13.8. The van der Waals surface area contributed by atoms with Crippen molar-refractivity contribution in [2.45, 2.75) is 55.8 Å². The van der Waals surface area contributed by atoms with Gasteiger partial charge in [-0.2, -0.15) is 9.97 Å². The second-order valence-corrected chi connectivity index (χ2v) is 14.5. The average molecular weight is 670 g/mol. The Morgan fingerprint density at radius 1 is 1.12 bits per heavy atom. The molecule has 2 bridgehead atoms. The quantitative estimate of drug-likeness (QED) is 0.237. The van der Waals surface area contributed by atoms with Crippen molar-refractivity contribution >= 4 is 27.5 Å². The summed E-state index contributed by atoms with van der Waals surface area (Å²) in [5.74, 6) is 3.77. The lowest BCUT2D eigenvalue weighted by Gasteiger charge is -2.36. The first-order valence-electron chi connectivity index (χ1n) is 17.6. The van der Waals surface area contributed by atoms with Gasteiger partial charge in [-0.3, -0.25) is 9.88 Å². The number of piperazine rings is 1. The van der Waals surface area contributed by atoms with Gasteiger partial charge in [0.1, 0.15) is 29.4 Å². The topological polar surface area (TPSA) is 109 Å². The van der Waals surface area contributed by atoms with Gasteiger partial charge in [-0.05, 0) is 68.3 Å². The van der Waals surface area contributed by atoms with E-state index in [0.29, 0.717) is 64.3 Å². The smallest absolute Gasteiger partial charge is 0.319 e. The van der Waals surface area contributed by atoms with Crippen LogP contribution in [0.5, 0.6) is 17.6 Å². The van der Waals surface area contributed by atoms with Crippen molar-refractivity contribution in [2.24, 2.45) is 5.92 Å². The first-order valence-corrected chi connectivity index (χ1v) is 17.6. The van der Waals surface area contributed by atoms with Gasteiger partial charge in [-0.15, -0.1) is 6.42 Å². The van der Waals surface area contributed by atoms with Crippen molar-refractivity contribution < 1.29 is 19.0 Å². The fraction of sp³-hybridized carbons (Fsp3) is 0.385. The summed E-state index contributed by atoms with van der Waals surface area (Å²) in [4.78, 5) is 23.7. The predicted molar refractivity (Wildman–Crippen MR) is 187 cm³/mol. The molecule has 0 saturated carbocycles. The van der Waals surface area contributed by atoms with Crippen molar-refractivity contribution in [2.75, 3.05) is 37.7 Å². The molecule has 0 spiro atoms. The monoisotopic (exact) mass is 669 g/mol. The third kappa shape index (κ3) is 4.55. The van der Waals surface area contributed by atoms with Gasteiger partial charge in [0.2, 0.25) is 5.88 Å². The Bertz CT molecular complexity index is 2230. The van der Waals surface area contributed by atoms with Crippen LogP contribution in [-0.2, 0) is 0 Å². The van der Waals surface area contributed by atoms with Crippen molar-refractivity contribution in [1.82, 2.24) is 30.2 Å². The highest BCUT2D eigenvalue weighted by Gasteiger charge is 2.57. The van der Waals surface area contributed by atoms with Gasteiger partial charge in [-0.25, -0.2) is 9.37 Å². The molecule has 5 aliphatic heterocycles. The molecule has 0 amide bonds. The van der Waals surface area contributed by atoms with Crippen LogP contribution in [0.1, 0.15) is 49.3 Å². The Labute approximate surface area is 288 Å². The van der Waals surface area contributed by atoms with Crippen molar-refractivity contribution in [3.05, 3.63) is 71.8 Å². The molecular formula is C39H36FN7O3. The van der Waals surface area contributed by atoms with Gasteiger partial charge >= 0.3 is 6.01 Å². The molecule has 3 aromatic heterocycles. The maximum Gasteiger partial charge on any atom is 0.319 e. The van der Waals surface area contributed by atoms with E-state index in [2.05, 4.69) is 37.1 Å². The zero-order chi connectivity index (χ0) is 33.6. The molecule has 11 heteroatoms. The molecule has 3 unspecified atom stereocenters. The number of rotatable bonds is 5. The second kappa shape index (κ2) is 11.2. The highest BCUT2D eigenvalue weighted by molar-refractivity contribution is 6.02. The van der Waals surface area contributed by atoms with E-state index in [9.17, 15) is 5.11 Å². The highest BCUT2D eigenvalue weighted by Crippen LogP contribution is 2.55. The van der Waals surface area contributed by atoms with Gasteiger partial charge in [0, 0.05) is 71.6 Å². The number of aromatic nitrogens is 4. The van der Waals surface area contributed by atoms with Crippen LogP contribution < -0.4 is 19.7 Å². The summed E-state index contributed by atoms with van der Waals surface area (Å²) in [5.41, 5.74) is 2.11. The molecule has 4 saturated heterocycles. The Hall–Kier alpha value is -5.05. The molecule has 2 aromatic carbocycles. The number of fused-ring (bicyclic) bond motifs is 9. The molecule has 4 fully saturated rings. The highest BCUT2D eigenvalue weighted by atomic mass is 19.1. The molecule has 50 heavy (non-hydrogen) atoms. The third-order valence-corrected chi connectivity index (χ3v) is 11.6. The van der Waals surface area contributed by atoms with E-state index in [4.69, 9.17) is 25.9 Å². The van der Waals surface area contributed by atoms with E-state index in [-0.39, 0.29) is 34.6 Å². The van der Waals surface area contributed by atoms with Crippen molar-refractivity contribution in [3.8, 4) is 41.2 Å². The molecule has 10 nitrogen and oxygen atoms in total. The first kappa shape index (κ1) is 29.8. The SMILES string of the molecule is C#Cc1cccc2cc(O)cc(-c3ncc4c(N5CC6CCC(C5)N6)nc(OCC56CCCN5[C@H]5c7cccnc7OC[C@H]5C6)nc4c3F)c12. The first-order chi connectivity index (χ1) is 24.5. The molecule has 252 valence electrons. The molecule has 0 aliphatic carbocycles. The van der Waals surface area contributed by atoms with Crippen molar-refractivity contribution in [1.29, 1.82) is 0 Å². The number of aromatic hydroxyl groups is 1. The average Bonchev–Trinajstić information content (AvgIpc) is 3.80. The van der Waals surface area contributed by atoms with Crippen LogP contribution in [0.2, 0.25) is 0 Å². The molecule has 5 atom stereocenters. The van der Waals surface area contributed by atoms with Crippen LogP contribution in [0.4, 0.5) is 10.2 Å². The summed E-state index contributed by atoms with van der Waals surface area (Å²) < 4.78 is 29.7. The molecule has 10 rings (SSSR count). The van der Waals surface area contributed by atoms with Gasteiger partial charge in [-0.1, -0.05) is 24.1 Å². The minimum Gasteiger partial charge on any atom is -0.508 e. The van der Waals surface area contributed by atoms with Crippen LogP contribution >= 0.6 is 0 Å². The van der Waals surface area contributed by atoms with Crippen LogP contribution in [0, 0.1) is 24.1 Å². The third-order valence-electron chi connectivity index (χ3n) is 11.6. The van der Waals surface area contributed by atoms with Gasteiger partial charge in [0.25, 0.3) is 0 Å². The lowest BCUT2D eigenvalue weighted by atomic mass is 9.87. The number of phenols is 1. The Morgan fingerprint density at radius 3 is 2.86 bits per heavy atom. The number of halogens is 1. The fourth-order valence-electron chi connectivity index (χ4n) is 9.59. The fourth-order valence-corrected chi connectivity index (χ4v) is 9.59. The zero-order valence-electron chi connectivity index (χ0n) is 27.5. The van der Waals surface area contributed by atoms with Crippen molar-refractivity contribution in [3.63, 3.8) is 0 Å². The molecule has 8 heterocycles. The predicted octanol–water partition coefficient (Wildman–Crippen LogP) is 5.37. The lowest BCUT2D eigenvalue weighted by Crippen LogP contribution is -2.51. The van der Waals surface area contributed by atoms with Crippen LogP contribution in [0.25, 0.3) is 32.9 Å². The number of ether oxygens (including phenoxy) is 2. The number of terminal acetylenes is 1. The van der Waals surface area contributed by atoms with Gasteiger partial charge < -0.3 is 24.8 Å². The normalized spacial score (nSPS) is 26.8. The Balaban J connectivity index is 1.07. The van der Waals surface area contributed by atoms with E-state index in [0.717, 1.165) is 63.2 Å². The zero-order valence-corrected chi connectivity index (χ0v) is 27.5. The van der Waals surface area contributed by atoms with Crippen LogP contribution in [0.15, 0.2) is 54.9 Å². The minimum absolute atomic E-state index is 0.00651. The minimum atomic E-state index is -0.610. The second-order valence-electron chi connectivity index (χ2n) is 14.5. The number of nitrogens with zero attached hydrogens (tertiary/aromatic N) is 6. The summed E-state index contributed by atoms with van der Waals surface area (Å²) in [6.07, 6.45) is 14.5. The molecule has 0 radical (unpaired) electrons. The van der Waals surface area contributed by atoms with Crippen LogP contribution in [-0.4, -0.2) is 80.4 Å².